The van der Waals surface area contributed by atoms with Crippen LogP contribution in [-0.2, 0) is 9.47 Å². The van der Waals surface area contributed by atoms with E-state index in [4.69, 9.17) is 19.3 Å². The highest BCUT2D eigenvalue weighted by atomic mass is 16.7. The molecule has 5 atom stereocenters. The van der Waals surface area contributed by atoms with Crippen LogP contribution in [0.1, 0.15) is 0 Å². The third-order valence-electron chi connectivity index (χ3n) is 3.23. The van der Waals surface area contributed by atoms with Gasteiger partial charge in [0.05, 0.1) is 13.2 Å². The SMILES string of the molecule is OC[C@H]1O[C@H](OCCOc2ccccc2)[C@H](O)[C@@H](O)[C@H]1O. The van der Waals surface area contributed by atoms with Gasteiger partial charge in [-0.25, -0.2) is 0 Å². The fourth-order valence-corrected chi connectivity index (χ4v) is 2.05. The summed E-state index contributed by atoms with van der Waals surface area (Å²) in [5.41, 5.74) is 0. The summed E-state index contributed by atoms with van der Waals surface area (Å²) in [5.74, 6) is 0.690. The van der Waals surface area contributed by atoms with E-state index in [-0.39, 0.29) is 13.2 Å². The van der Waals surface area contributed by atoms with Crippen LogP contribution in [0.4, 0.5) is 0 Å². The second-order valence-electron chi connectivity index (χ2n) is 4.73. The van der Waals surface area contributed by atoms with Gasteiger partial charge in [-0.15, -0.1) is 0 Å². The number of hydrogen-bond acceptors (Lipinski definition) is 7. The topological polar surface area (TPSA) is 109 Å². The smallest absolute Gasteiger partial charge is 0.186 e. The number of para-hydroxylation sites is 1. The maximum absolute atomic E-state index is 9.76. The maximum atomic E-state index is 9.76. The molecular formula is C14H20O7. The fourth-order valence-electron chi connectivity index (χ4n) is 2.05. The number of ether oxygens (including phenoxy) is 3. The third-order valence-corrected chi connectivity index (χ3v) is 3.23. The van der Waals surface area contributed by atoms with Crippen molar-refractivity contribution >= 4 is 0 Å². The average Bonchev–Trinajstić information content (AvgIpc) is 2.52. The first-order chi connectivity index (χ1) is 10.1. The summed E-state index contributed by atoms with van der Waals surface area (Å²) in [5, 5.41) is 38.0. The zero-order valence-electron chi connectivity index (χ0n) is 11.4. The number of rotatable bonds is 6. The Morgan fingerprint density at radius 2 is 1.67 bits per heavy atom. The standard InChI is InChI=1S/C14H20O7/c15-8-10-11(16)12(17)13(18)14(21-10)20-7-6-19-9-4-2-1-3-5-9/h1-5,10-18H,6-8H2/t10-,11+,12+,13-,14+/m1/s1. The van der Waals surface area contributed by atoms with Gasteiger partial charge in [-0.3, -0.25) is 0 Å². The van der Waals surface area contributed by atoms with E-state index in [1.807, 2.05) is 18.2 Å². The Balaban J connectivity index is 1.77. The Labute approximate surface area is 122 Å². The maximum Gasteiger partial charge on any atom is 0.186 e. The van der Waals surface area contributed by atoms with E-state index in [2.05, 4.69) is 0 Å². The van der Waals surface area contributed by atoms with Crippen molar-refractivity contribution in [3.05, 3.63) is 30.3 Å². The molecule has 7 heteroatoms. The molecule has 2 rings (SSSR count). The van der Waals surface area contributed by atoms with Crippen molar-refractivity contribution in [3.63, 3.8) is 0 Å². The molecule has 0 bridgehead atoms. The summed E-state index contributed by atoms with van der Waals surface area (Å²) in [6, 6.07) is 9.15. The summed E-state index contributed by atoms with van der Waals surface area (Å²) >= 11 is 0. The normalized spacial score (nSPS) is 32.9. The molecule has 0 amide bonds. The second-order valence-corrected chi connectivity index (χ2v) is 4.73. The molecule has 1 aliphatic rings. The lowest BCUT2D eigenvalue weighted by molar-refractivity contribution is -0.301. The van der Waals surface area contributed by atoms with E-state index in [1.54, 1.807) is 12.1 Å². The summed E-state index contributed by atoms with van der Waals surface area (Å²) in [6.07, 6.45) is -6.30. The Hall–Kier alpha value is -1.22. The molecule has 7 nitrogen and oxygen atoms in total. The van der Waals surface area contributed by atoms with E-state index in [0.717, 1.165) is 0 Å². The number of hydrogen-bond donors (Lipinski definition) is 4. The van der Waals surface area contributed by atoms with Gasteiger partial charge in [0.15, 0.2) is 6.29 Å². The fraction of sp³-hybridized carbons (Fsp3) is 0.571. The molecule has 1 aromatic rings. The lowest BCUT2D eigenvalue weighted by Gasteiger charge is -2.39. The van der Waals surface area contributed by atoms with E-state index >= 15 is 0 Å². The van der Waals surface area contributed by atoms with E-state index < -0.39 is 37.3 Å². The van der Waals surface area contributed by atoms with Crippen molar-refractivity contribution in [1.82, 2.24) is 0 Å². The molecule has 0 aliphatic carbocycles. The summed E-state index contributed by atoms with van der Waals surface area (Å²) in [7, 11) is 0. The Morgan fingerprint density at radius 3 is 2.33 bits per heavy atom. The van der Waals surface area contributed by atoms with Crippen molar-refractivity contribution in [1.29, 1.82) is 0 Å². The predicted molar refractivity (Wildman–Crippen MR) is 71.7 cm³/mol. The van der Waals surface area contributed by atoms with Crippen LogP contribution in [0, 0.1) is 0 Å². The lowest BCUT2D eigenvalue weighted by atomic mass is 9.99. The lowest BCUT2D eigenvalue weighted by Crippen LogP contribution is -2.59. The van der Waals surface area contributed by atoms with Crippen LogP contribution in [-0.4, -0.2) is 71.0 Å². The zero-order chi connectivity index (χ0) is 15.2. The van der Waals surface area contributed by atoms with Crippen LogP contribution < -0.4 is 4.74 Å². The van der Waals surface area contributed by atoms with Crippen LogP contribution in [0.25, 0.3) is 0 Å². The van der Waals surface area contributed by atoms with Gasteiger partial charge in [0, 0.05) is 0 Å². The highest BCUT2D eigenvalue weighted by Gasteiger charge is 2.43. The van der Waals surface area contributed by atoms with Gasteiger partial charge in [0.2, 0.25) is 0 Å². The van der Waals surface area contributed by atoms with Crippen molar-refractivity contribution in [2.24, 2.45) is 0 Å². The van der Waals surface area contributed by atoms with Crippen molar-refractivity contribution < 1.29 is 34.6 Å². The summed E-state index contributed by atoms with van der Waals surface area (Å²) < 4.78 is 15.9. The molecule has 1 fully saturated rings. The molecule has 21 heavy (non-hydrogen) atoms. The van der Waals surface area contributed by atoms with E-state index in [1.165, 1.54) is 0 Å². The predicted octanol–water partition coefficient (Wildman–Crippen LogP) is -1.12. The average molecular weight is 300 g/mol. The third kappa shape index (κ3) is 4.13. The summed E-state index contributed by atoms with van der Waals surface area (Å²) in [4.78, 5) is 0. The van der Waals surface area contributed by atoms with Crippen LogP contribution >= 0.6 is 0 Å². The molecule has 118 valence electrons. The Morgan fingerprint density at radius 1 is 0.952 bits per heavy atom. The van der Waals surface area contributed by atoms with Gasteiger partial charge in [-0.1, -0.05) is 18.2 Å². The zero-order valence-corrected chi connectivity index (χ0v) is 11.4. The highest BCUT2D eigenvalue weighted by Crippen LogP contribution is 2.21. The van der Waals surface area contributed by atoms with Gasteiger partial charge in [-0.05, 0) is 12.1 Å². The molecule has 0 unspecified atom stereocenters. The van der Waals surface area contributed by atoms with Crippen molar-refractivity contribution in [3.8, 4) is 5.75 Å². The summed E-state index contributed by atoms with van der Waals surface area (Å²) in [6.45, 7) is -0.123. The van der Waals surface area contributed by atoms with Crippen molar-refractivity contribution in [2.45, 2.75) is 30.7 Å². The van der Waals surface area contributed by atoms with Crippen LogP contribution in [0.2, 0.25) is 0 Å². The van der Waals surface area contributed by atoms with Crippen LogP contribution in [0.3, 0.4) is 0 Å². The Bertz CT molecular complexity index is 411. The van der Waals surface area contributed by atoms with Crippen LogP contribution in [0.15, 0.2) is 30.3 Å². The first-order valence-electron chi connectivity index (χ1n) is 6.73. The molecule has 1 aromatic carbocycles. The minimum Gasteiger partial charge on any atom is -0.491 e. The first kappa shape index (κ1) is 16.2. The minimum absolute atomic E-state index is 0.123. The van der Waals surface area contributed by atoms with Gasteiger partial charge in [0.25, 0.3) is 0 Å². The minimum atomic E-state index is -1.43. The molecule has 0 radical (unpaired) electrons. The first-order valence-corrected chi connectivity index (χ1v) is 6.73. The van der Waals surface area contributed by atoms with Gasteiger partial charge >= 0.3 is 0 Å². The van der Waals surface area contributed by atoms with E-state index in [9.17, 15) is 15.3 Å². The molecule has 0 saturated carbocycles. The number of aliphatic hydroxyl groups is 4. The number of benzene rings is 1. The van der Waals surface area contributed by atoms with Gasteiger partial charge in [0.1, 0.15) is 36.8 Å². The molecule has 1 heterocycles. The van der Waals surface area contributed by atoms with Crippen molar-refractivity contribution in [2.75, 3.05) is 19.8 Å². The number of aliphatic hydroxyl groups excluding tert-OH is 4. The quantitative estimate of drug-likeness (QED) is 0.493. The molecule has 1 aliphatic heterocycles. The largest absolute Gasteiger partial charge is 0.491 e. The molecular weight excluding hydrogens is 280 g/mol. The molecule has 0 aromatic heterocycles. The van der Waals surface area contributed by atoms with Gasteiger partial charge < -0.3 is 34.6 Å². The van der Waals surface area contributed by atoms with Gasteiger partial charge in [-0.2, -0.15) is 0 Å². The van der Waals surface area contributed by atoms with E-state index in [0.29, 0.717) is 5.75 Å². The van der Waals surface area contributed by atoms with Crippen LogP contribution in [0.5, 0.6) is 5.75 Å². The highest BCUT2D eigenvalue weighted by molar-refractivity contribution is 5.20. The monoisotopic (exact) mass is 300 g/mol. The molecule has 4 N–H and O–H groups in total. The second kappa shape index (κ2) is 7.69. The molecule has 0 spiro atoms. The molecule has 1 saturated heterocycles. The Kier molecular flexibility index (Phi) is 5.92.